The van der Waals surface area contributed by atoms with Gasteiger partial charge >= 0.3 is 0 Å². The highest BCUT2D eigenvalue weighted by Crippen LogP contribution is 2.32. The van der Waals surface area contributed by atoms with Gasteiger partial charge in [0.15, 0.2) is 0 Å². The molecule has 32 heavy (non-hydrogen) atoms. The van der Waals surface area contributed by atoms with Crippen LogP contribution in [-0.2, 0) is 11.3 Å². The SMILES string of the molecule is NCCNC(=O)Cn1cc(C(=O)N2CCC(c3ccccc3F)CC2)c2ccc(Cl)cc21. The van der Waals surface area contributed by atoms with Crippen LogP contribution < -0.4 is 11.1 Å². The Kier molecular flexibility index (Phi) is 6.77. The fourth-order valence-corrected chi connectivity index (χ4v) is 4.52. The van der Waals surface area contributed by atoms with Crippen molar-refractivity contribution in [1.29, 1.82) is 0 Å². The van der Waals surface area contributed by atoms with E-state index in [0.717, 1.165) is 10.9 Å². The van der Waals surface area contributed by atoms with Gasteiger partial charge in [-0.3, -0.25) is 9.59 Å². The van der Waals surface area contributed by atoms with Crippen LogP contribution in [0.25, 0.3) is 10.9 Å². The van der Waals surface area contributed by atoms with Gasteiger partial charge in [0, 0.05) is 42.8 Å². The number of amides is 2. The summed E-state index contributed by atoms with van der Waals surface area (Å²) in [6.45, 7) is 1.92. The van der Waals surface area contributed by atoms with Crippen LogP contribution in [0.3, 0.4) is 0 Å². The predicted octanol–water partition coefficient (Wildman–Crippen LogP) is 3.53. The van der Waals surface area contributed by atoms with E-state index in [4.69, 9.17) is 17.3 Å². The van der Waals surface area contributed by atoms with Gasteiger partial charge in [-0.15, -0.1) is 0 Å². The van der Waals surface area contributed by atoms with E-state index in [1.807, 2.05) is 18.2 Å². The number of nitrogens with one attached hydrogen (secondary N) is 1. The molecule has 1 fully saturated rings. The zero-order valence-corrected chi connectivity index (χ0v) is 18.4. The third kappa shape index (κ3) is 4.64. The summed E-state index contributed by atoms with van der Waals surface area (Å²) in [5, 5.41) is 4.03. The Morgan fingerprint density at radius 2 is 1.91 bits per heavy atom. The number of rotatable bonds is 6. The maximum Gasteiger partial charge on any atom is 0.256 e. The zero-order chi connectivity index (χ0) is 22.7. The summed E-state index contributed by atoms with van der Waals surface area (Å²) in [5.41, 5.74) is 7.43. The number of nitrogens with two attached hydrogens (primary N) is 1. The van der Waals surface area contributed by atoms with E-state index in [1.165, 1.54) is 6.07 Å². The number of benzene rings is 2. The Bertz CT molecular complexity index is 1140. The molecule has 6 nitrogen and oxygen atoms in total. The van der Waals surface area contributed by atoms with Gasteiger partial charge in [-0.25, -0.2) is 4.39 Å². The Morgan fingerprint density at radius 3 is 2.62 bits per heavy atom. The first-order valence-corrected chi connectivity index (χ1v) is 11.1. The first-order valence-electron chi connectivity index (χ1n) is 10.8. The minimum Gasteiger partial charge on any atom is -0.353 e. The molecule has 8 heteroatoms. The molecule has 0 bridgehead atoms. The molecular weight excluding hydrogens is 431 g/mol. The lowest BCUT2D eigenvalue weighted by Crippen LogP contribution is -2.38. The number of carbonyl (C=O) groups is 2. The second kappa shape index (κ2) is 9.71. The van der Waals surface area contributed by atoms with Crippen molar-refractivity contribution in [1.82, 2.24) is 14.8 Å². The van der Waals surface area contributed by atoms with Gasteiger partial charge in [-0.05, 0) is 42.5 Å². The number of fused-ring (bicyclic) bond motifs is 1. The molecule has 0 aliphatic carbocycles. The molecule has 2 heterocycles. The van der Waals surface area contributed by atoms with Crippen LogP contribution in [0.2, 0.25) is 5.02 Å². The lowest BCUT2D eigenvalue weighted by atomic mass is 9.89. The molecule has 1 aromatic heterocycles. The van der Waals surface area contributed by atoms with Crippen LogP contribution in [0, 0.1) is 5.82 Å². The molecule has 168 valence electrons. The van der Waals surface area contributed by atoms with Crippen LogP contribution >= 0.6 is 11.6 Å². The highest BCUT2D eigenvalue weighted by Gasteiger charge is 2.28. The van der Waals surface area contributed by atoms with Crippen molar-refractivity contribution >= 4 is 34.3 Å². The average Bonchev–Trinajstić information content (AvgIpc) is 3.15. The van der Waals surface area contributed by atoms with Crippen molar-refractivity contribution in [3.63, 3.8) is 0 Å². The largest absolute Gasteiger partial charge is 0.353 e. The van der Waals surface area contributed by atoms with Crippen LogP contribution in [0.1, 0.15) is 34.7 Å². The normalized spacial score (nSPS) is 14.7. The second-order valence-electron chi connectivity index (χ2n) is 8.06. The second-order valence-corrected chi connectivity index (χ2v) is 8.50. The topological polar surface area (TPSA) is 80.4 Å². The van der Waals surface area contributed by atoms with E-state index in [0.29, 0.717) is 55.2 Å². The van der Waals surface area contributed by atoms with Gasteiger partial charge in [-0.2, -0.15) is 0 Å². The molecule has 0 radical (unpaired) electrons. The first kappa shape index (κ1) is 22.3. The highest BCUT2D eigenvalue weighted by molar-refractivity contribution is 6.31. The van der Waals surface area contributed by atoms with Gasteiger partial charge in [0.1, 0.15) is 12.4 Å². The fourth-order valence-electron chi connectivity index (χ4n) is 4.36. The van der Waals surface area contributed by atoms with Crippen LogP contribution in [-0.4, -0.2) is 47.5 Å². The Hall–Kier alpha value is -2.90. The number of nitrogens with zero attached hydrogens (tertiary/aromatic N) is 2. The zero-order valence-electron chi connectivity index (χ0n) is 17.7. The van der Waals surface area contributed by atoms with Crippen LogP contribution in [0.4, 0.5) is 4.39 Å². The average molecular weight is 457 g/mol. The number of hydrogen-bond donors (Lipinski definition) is 2. The monoisotopic (exact) mass is 456 g/mol. The molecule has 1 saturated heterocycles. The van der Waals surface area contributed by atoms with Gasteiger partial charge in [0.25, 0.3) is 5.91 Å². The Balaban J connectivity index is 1.54. The molecule has 0 saturated carbocycles. The van der Waals surface area contributed by atoms with E-state index >= 15 is 0 Å². The van der Waals surface area contributed by atoms with Crippen LogP contribution in [0.5, 0.6) is 0 Å². The lowest BCUT2D eigenvalue weighted by Gasteiger charge is -2.32. The quantitative estimate of drug-likeness (QED) is 0.595. The van der Waals surface area contributed by atoms with Crippen molar-refractivity contribution in [2.45, 2.75) is 25.3 Å². The Labute approximate surface area is 191 Å². The summed E-state index contributed by atoms with van der Waals surface area (Å²) < 4.78 is 15.9. The van der Waals surface area contributed by atoms with Gasteiger partial charge in [0.2, 0.25) is 5.91 Å². The number of piperidine rings is 1. The molecule has 3 N–H and O–H groups in total. The summed E-state index contributed by atoms with van der Waals surface area (Å²) >= 11 is 6.18. The van der Waals surface area contributed by atoms with E-state index in [1.54, 1.807) is 33.9 Å². The van der Waals surface area contributed by atoms with Crippen molar-refractivity contribution in [3.8, 4) is 0 Å². The van der Waals surface area contributed by atoms with Gasteiger partial charge in [-0.1, -0.05) is 35.9 Å². The van der Waals surface area contributed by atoms with Gasteiger partial charge in [0.05, 0.1) is 11.1 Å². The number of halogens is 2. The summed E-state index contributed by atoms with van der Waals surface area (Å²) in [6.07, 6.45) is 3.13. The molecule has 2 amide bonds. The summed E-state index contributed by atoms with van der Waals surface area (Å²) in [5.74, 6) is -0.362. The summed E-state index contributed by atoms with van der Waals surface area (Å²) in [7, 11) is 0. The van der Waals surface area contributed by atoms with Crippen molar-refractivity contribution in [2.24, 2.45) is 5.73 Å². The molecule has 0 unspecified atom stereocenters. The molecular formula is C24H26ClFN4O2. The van der Waals surface area contributed by atoms with Crippen LogP contribution in [0.15, 0.2) is 48.7 Å². The Morgan fingerprint density at radius 1 is 1.16 bits per heavy atom. The number of hydrogen-bond acceptors (Lipinski definition) is 3. The first-order chi connectivity index (χ1) is 15.5. The maximum atomic E-state index is 14.2. The van der Waals surface area contributed by atoms with E-state index in [9.17, 15) is 14.0 Å². The van der Waals surface area contributed by atoms with E-state index in [-0.39, 0.29) is 30.1 Å². The number of aromatic nitrogens is 1. The minimum absolute atomic E-state index is 0.0689. The smallest absolute Gasteiger partial charge is 0.256 e. The molecule has 2 aromatic carbocycles. The van der Waals surface area contributed by atoms with E-state index in [2.05, 4.69) is 5.32 Å². The van der Waals surface area contributed by atoms with Crippen molar-refractivity contribution in [3.05, 3.63) is 70.6 Å². The lowest BCUT2D eigenvalue weighted by molar-refractivity contribution is -0.121. The minimum atomic E-state index is -0.190. The molecule has 4 rings (SSSR count). The van der Waals surface area contributed by atoms with Crippen molar-refractivity contribution < 1.29 is 14.0 Å². The predicted molar refractivity (Wildman–Crippen MR) is 123 cm³/mol. The highest BCUT2D eigenvalue weighted by atomic mass is 35.5. The van der Waals surface area contributed by atoms with E-state index < -0.39 is 0 Å². The summed E-state index contributed by atoms with van der Waals surface area (Å²) in [4.78, 5) is 27.4. The third-order valence-corrected chi connectivity index (χ3v) is 6.22. The van der Waals surface area contributed by atoms with Crippen molar-refractivity contribution in [2.75, 3.05) is 26.2 Å². The molecule has 0 atom stereocenters. The molecule has 3 aromatic rings. The number of likely N-dealkylation sites (tertiary alicyclic amines) is 1. The molecule has 0 spiro atoms. The molecule has 1 aliphatic heterocycles. The maximum absolute atomic E-state index is 14.2. The standard InChI is InChI=1S/C24H26ClFN4O2/c25-17-5-6-19-20(14-30(22(19)13-17)15-23(31)28-10-9-27)24(32)29-11-7-16(8-12-29)18-3-1-2-4-21(18)26/h1-6,13-14,16H,7-12,15,27H2,(H,28,31). The third-order valence-electron chi connectivity index (χ3n) is 5.98. The number of carbonyl (C=O) groups excluding carboxylic acids is 2. The molecule has 1 aliphatic rings. The summed E-state index contributed by atoms with van der Waals surface area (Å²) in [6, 6.07) is 12.2. The van der Waals surface area contributed by atoms with Gasteiger partial charge < -0.3 is 20.5 Å². The fraction of sp³-hybridized carbons (Fsp3) is 0.333.